The van der Waals surface area contributed by atoms with Crippen LogP contribution >= 0.6 is 0 Å². The average molecular weight is 197 g/mol. The molecule has 0 unspecified atom stereocenters. The molecule has 0 bridgehead atoms. The number of piperidine rings is 1. The first-order valence-corrected chi connectivity index (χ1v) is 6.03. The second-order valence-corrected chi connectivity index (χ2v) is 4.70. The Balaban J connectivity index is 1.76. The molecule has 0 amide bonds. The number of nitrogens with one attached hydrogen (secondary N) is 2. The second kappa shape index (κ2) is 5.10. The molecule has 2 rings (SSSR count). The van der Waals surface area contributed by atoms with Gasteiger partial charge in [0.2, 0.25) is 0 Å². The van der Waals surface area contributed by atoms with Crippen LogP contribution in [-0.2, 0) is 0 Å². The zero-order valence-corrected chi connectivity index (χ0v) is 9.26. The van der Waals surface area contributed by atoms with Gasteiger partial charge in [-0.3, -0.25) is 0 Å². The quantitative estimate of drug-likeness (QED) is 0.666. The van der Waals surface area contributed by atoms with E-state index in [1.807, 2.05) is 0 Å². The van der Waals surface area contributed by atoms with E-state index in [0.717, 1.165) is 12.0 Å². The molecule has 2 fully saturated rings. The summed E-state index contributed by atoms with van der Waals surface area (Å²) < 4.78 is 0. The lowest BCUT2D eigenvalue weighted by atomic mass is 9.91. The number of hydrogen-bond acceptors (Lipinski definition) is 3. The maximum atomic E-state index is 3.58. The predicted molar refractivity (Wildman–Crippen MR) is 59.5 cm³/mol. The summed E-state index contributed by atoms with van der Waals surface area (Å²) in [4.78, 5) is 2.62. The van der Waals surface area contributed by atoms with E-state index in [1.54, 1.807) is 0 Å². The fraction of sp³-hybridized carbons (Fsp3) is 1.00. The van der Waals surface area contributed by atoms with E-state index in [0.29, 0.717) is 0 Å². The van der Waals surface area contributed by atoms with E-state index in [1.165, 1.54) is 52.1 Å². The Morgan fingerprint density at radius 1 is 1.21 bits per heavy atom. The molecule has 0 aromatic heterocycles. The summed E-state index contributed by atoms with van der Waals surface area (Å²) in [6, 6.07) is 0.721. The summed E-state index contributed by atoms with van der Waals surface area (Å²) >= 11 is 0. The number of hydrogen-bond donors (Lipinski definition) is 2. The van der Waals surface area contributed by atoms with E-state index in [9.17, 15) is 0 Å². The van der Waals surface area contributed by atoms with Crippen LogP contribution < -0.4 is 10.6 Å². The normalized spacial score (nSPS) is 35.8. The highest BCUT2D eigenvalue weighted by Crippen LogP contribution is 2.17. The monoisotopic (exact) mass is 197 g/mol. The lowest BCUT2D eigenvalue weighted by Crippen LogP contribution is -2.49. The van der Waals surface area contributed by atoms with Crippen molar-refractivity contribution in [2.24, 2.45) is 5.92 Å². The number of rotatable bonds is 2. The van der Waals surface area contributed by atoms with Crippen molar-refractivity contribution in [3.05, 3.63) is 0 Å². The molecule has 82 valence electrons. The summed E-state index contributed by atoms with van der Waals surface area (Å²) in [6.07, 6.45) is 2.78. The van der Waals surface area contributed by atoms with Crippen molar-refractivity contribution in [3.63, 3.8) is 0 Å². The molecule has 2 heterocycles. The minimum Gasteiger partial charge on any atom is -0.314 e. The summed E-state index contributed by atoms with van der Waals surface area (Å²) in [5.74, 6) is 0.877. The molecule has 0 aromatic rings. The van der Waals surface area contributed by atoms with Crippen LogP contribution in [0, 0.1) is 5.92 Å². The fourth-order valence-corrected chi connectivity index (χ4v) is 2.59. The third kappa shape index (κ3) is 2.69. The standard InChI is InChI=1S/C11H23N3/c1-10-11(3-2-4-13-10)9-14-7-5-12-6-8-14/h10-13H,2-9H2,1H3/t10-,11-/m0/s1. The molecule has 2 aliphatic rings. The Kier molecular flexibility index (Phi) is 3.79. The zero-order chi connectivity index (χ0) is 9.80. The van der Waals surface area contributed by atoms with Crippen LogP contribution in [0.25, 0.3) is 0 Å². The van der Waals surface area contributed by atoms with Crippen LogP contribution in [0.4, 0.5) is 0 Å². The van der Waals surface area contributed by atoms with Crippen molar-refractivity contribution < 1.29 is 0 Å². The van der Waals surface area contributed by atoms with Crippen LogP contribution in [0.1, 0.15) is 19.8 Å². The highest BCUT2D eigenvalue weighted by atomic mass is 15.2. The Morgan fingerprint density at radius 2 is 2.00 bits per heavy atom. The minimum absolute atomic E-state index is 0.721. The molecule has 0 radical (unpaired) electrons. The zero-order valence-electron chi connectivity index (χ0n) is 9.26. The average Bonchev–Trinajstić information content (AvgIpc) is 2.23. The molecule has 0 aromatic carbocycles. The van der Waals surface area contributed by atoms with Crippen molar-refractivity contribution in [2.75, 3.05) is 39.3 Å². The highest BCUT2D eigenvalue weighted by Gasteiger charge is 2.23. The minimum atomic E-state index is 0.721. The molecule has 14 heavy (non-hydrogen) atoms. The van der Waals surface area contributed by atoms with Crippen LogP contribution in [0.5, 0.6) is 0 Å². The first-order chi connectivity index (χ1) is 6.86. The Bertz CT molecular complexity index is 166. The van der Waals surface area contributed by atoms with Gasteiger partial charge in [-0.2, -0.15) is 0 Å². The van der Waals surface area contributed by atoms with Gasteiger partial charge >= 0.3 is 0 Å². The molecule has 2 saturated heterocycles. The van der Waals surface area contributed by atoms with Crippen LogP contribution in [0.2, 0.25) is 0 Å². The summed E-state index contributed by atoms with van der Waals surface area (Å²) in [7, 11) is 0. The van der Waals surface area contributed by atoms with Gasteiger partial charge in [0.15, 0.2) is 0 Å². The topological polar surface area (TPSA) is 27.3 Å². The third-order valence-electron chi connectivity index (χ3n) is 3.63. The fourth-order valence-electron chi connectivity index (χ4n) is 2.59. The van der Waals surface area contributed by atoms with Gasteiger partial charge in [-0.15, -0.1) is 0 Å². The molecule has 2 atom stereocenters. The van der Waals surface area contributed by atoms with Crippen molar-refractivity contribution in [2.45, 2.75) is 25.8 Å². The van der Waals surface area contributed by atoms with Gasteiger partial charge in [0.05, 0.1) is 0 Å². The number of nitrogens with zero attached hydrogens (tertiary/aromatic N) is 1. The Morgan fingerprint density at radius 3 is 2.71 bits per heavy atom. The number of piperazine rings is 1. The highest BCUT2D eigenvalue weighted by molar-refractivity contribution is 4.81. The summed E-state index contributed by atoms with van der Waals surface area (Å²) in [5.41, 5.74) is 0. The van der Waals surface area contributed by atoms with Gasteiger partial charge in [-0.05, 0) is 32.2 Å². The van der Waals surface area contributed by atoms with Crippen molar-refractivity contribution >= 4 is 0 Å². The predicted octanol–water partition coefficient (Wildman–Crippen LogP) is 0.280. The van der Waals surface area contributed by atoms with Crippen molar-refractivity contribution in [1.29, 1.82) is 0 Å². The van der Waals surface area contributed by atoms with Gasteiger partial charge in [-0.1, -0.05) is 0 Å². The van der Waals surface area contributed by atoms with Crippen LogP contribution in [0.3, 0.4) is 0 Å². The maximum absolute atomic E-state index is 3.58. The first kappa shape index (κ1) is 10.4. The summed E-state index contributed by atoms with van der Waals surface area (Å²) in [6.45, 7) is 9.69. The molecule has 0 aliphatic carbocycles. The smallest absolute Gasteiger partial charge is 0.0107 e. The largest absolute Gasteiger partial charge is 0.314 e. The third-order valence-corrected chi connectivity index (χ3v) is 3.63. The van der Waals surface area contributed by atoms with Crippen molar-refractivity contribution in [1.82, 2.24) is 15.5 Å². The van der Waals surface area contributed by atoms with E-state index in [-0.39, 0.29) is 0 Å². The van der Waals surface area contributed by atoms with E-state index >= 15 is 0 Å². The Hall–Kier alpha value is -0.120. The van der Waals surface area contributed by atoms with E-state index in [2.05, 4.69) is 22.5 Å². The molecule has 0 spiro atoms. The van der Waals surface area contributed by atoms with Gasteiger partial charge in [0.25, 0.3) is 0 Å². The summed E-state index contributed by atoms with van der Waals surface area (Å²) in [5, 5.41) is 6.99. The van der Waals surface area contributed by atoms with Gasteiger partial charge in [0.1, 0.15) is 0 Å². The van der Waals surface area contributed by atoms with E-state index in [4.69, 9.17) is 0 Å². The van der Waals surface area contributed by atoms with Crippen LogP contribution in [0.15, 0.2) is 0 Å². The van der Waals surface area contributed by atoms with Crippen molar-refractivity contribution in [3.8, 4) is 0 Å². The van der Waals surface area contributed by atoms with Gasteiger partial charge in [-0.25, -0.2) is 0 Å². The maximum Gasteiger partial charge on any atom is 0.0107 e. The van der Waals surface area contributed by atoms with Crippen LogP contribution in [-0.4, -0.2) is 50.2 Å². The second-order valence-electron chi connectivity index (χ2n) is 4.70. The molecular formula is C11H23N3. The van der Waals surface area contributed by atoms with E-state index < -0.39 is 0 Å². The molecule has 0 saturated carbocycles. The lowest BCUT2D eigenvalue weighted by molar-refractivity contribution is 0.165. The molecular weight excluding hydrogens is 174 g/mol. The molecule has 3 nitrogen and oxygen atoms in total. The first-order valence-electron chi connectivity index (χ1n) is 6.03. The molecule has 2 N–H and O–H groups in total. The molecule has 2 aliphatic heterocycles. The Labute approximate surface area is 87.2 Å². The lowest BCUT2D eigenvalue weighted by Gasteiger charge is -2.36. The molecule has 3 heteroatoms. The van der Waals surface area contributed by atoms with Gasteiger partial charge in [0, 0.05) is 38.8 Å². The SMILES string of the molecule is C[C@@H]1NCCC[C@H]1CN1CCNCC1. The van der Waals surface area contributed by atoms with Gasteiger partial charge < -0.3 is 15.5 Å².